The fourth-order valence-corrected chi connectivity index (χ4v) is 2.97. The molecule has 2 heterocycles. The van der Waals surface area contributed by atoms with E-state index >= 15 is 0 Å². The van der Waals surface area contributed by atoms with Gasteiger partial charge in [0, 0.05) is 6.42 Å². The number of fused-ring (bicyclic) bond motifs is 1. The first-order valence-electron chi connectivity index (χ1n) is 6.61. The second kappa shape index (κ2) is 5.17. The third-order valence-corrected chi connectivity index (χ3v) is 4.32. The average molecular weight is 275 g/mol. The zero-order valence-corrected chi connectivity index (χ0v) is 12.0. The zero-order valence-electron chi connectivity index (χ0n) is 11.1. The standard InChI is InChI=1S/C14H17N3OS/c1-3-13-16-17-14(19-13)15-9(2)10-4-5-12-11(8-10)6-7-18-12/h4-5,8-9H,3,6-7H2,1-2H3,(H,15,17). The topological polar surface area (TPSA) is 47.0 Å². The van der Waals surface area contributed by atoms with E-state index in [1.807, 2.05) is 0 Å². The van der Waals surface area contributed by atoms with Crippen molar-refractivity contribution >= 4 is 16.5 Å². The predicted octanol–water partition coefficient (Wildman–Crippen LogP) is 3.21. The lowest BCUT2D eigenvalue weighted by molar-refractivity contribution is 0.357. The molecule has 4 nitrogen and oxygen atoms in total. The summed E-state index contributed by atoms with van der Waals surface area (Å²) in [5.74, 6) is 1.03. The van der Waals surface area contributed by atoms with Gasteiger partial charge in [0.05, 0.1) is 12.6 Å². The van der Waals surface area contributed by atoms with E-state index in [9.17, 15) is 0 Å². The molecule has 19 heavy (non-hydrogen) atoms. The maximum Gasteiger partial charge on any atom is 0.206 e. The summed E-state index contributed by atoms with van der Waals surface area (Å²) >= 11 is 1.62. The van der Waals surface area contributed by atoms with E-state index in [-0.39, 0.29) is 6.04 Å². The highest BCUT2D eigenvalue weighted by atomic mass is 32.1. The highest BCUT2D eigenvalue weighted by Gasteiger charge is 2.15. The molecule has 0 fully saturated rings. The fraction of sp³-hybridized carbons (Fsp3) is 0.429. The van der Waals surface area contributed by atoms with Gasteiger partial charge < -0.3 is 10.1 Å². The van der Waals surface area contributed by atoms with Crippen LogP contribution in [0.4, 0.5) is 5.13 Å². The number of ether oxygens (including phenoxy) is 1. The molecule has 0 saturated heterocycles. The lowest BCUT2D eigenvalue weighted by Gasteiger charge is -2.13. The molecule has 1 aromatic heterocycles. The third-order valence-electron chi connectivity index (χ3n) is 3.32. The summed E-state index contributed by atoms with van der Waals surface area (Å²) in [4.78, 5) is 0. The second-order valence-electron chi connectivity index (χ2n) is 4.69. The maximum absolute atomic E-state index is 5.53. The molecule has 1 aromatic carbocycles. The number of hydrogen-bond donors (Lipinski definition) is 1. The molecule has 1 aliphatic heterocycles. The van der Waals surface area contributed by atoms with E-state index in [0.717, 1.165) is 35.3 Å². The number of nitrogens with one attached hydrogen (secondary N) is 1. The normalized spacial score (nSPS) is 14.8. The lowest BCUT2D eigenvalue weighted by Crippen LogP contribution is -2.06. The summed E-state index contributed by atoms with van der Waals surface area (Å²) in [6.07, 6.45) is 1.94. The zero-order chi connectivity index (χ0) is 13.2. The Hall–Kier alpha value is -1.62. The first-order valence-corrected chi connectivity index (χ1v) is 7.42. The van der Waals surface area contributed by atoms with Crippen LogP contribution in [-0.2, 0) is 12.8 Å². The summed E-state index contributed by atoms with van der Waals surface area (Å²) in [5.41, 5.74) is 2.56. The smallest absolute Gasteiger partial charge is 0.206 e. The van der Waals surface area contributed by atoms with Crippen molar-refractivity contribution < 1.29 is 4.74 Å². The van der Waals surface area contributed by atoms with E-state index in [0.29, 0.717) is 0 Å². The van der Waals surface area contributed by atoms with Crippen LogP contribution < -0.4 is 10.1 Å². The summed E-state index contributed by atoms with van der Waals surface area (Å²) < 4.78 is 5.53. The monoisotopic (exact) mass is 275 g/mol. The molecule has 0 saturated carbocycles. The Balaban J connectivity index is 1.74. The quantitative estimate of drug-likeness (QED) is 0.930. The summed E-state index contributed by atoms with van der Waals surface area (Å²) in [6.45, 7) is 5.04. The minimum atomic E-state index is 0.226. The molecule has 0 spiro atoms. The molecule has 5 heteroatoms. The van der Waals surface area contributed by atoms with Crippen LogP contribution in [0.5, 0.6) is 5.75 Å². The first kappa shape index (κ1) is 12.4. The molecule has 1 unspecified atom stereocenters. The molecule has 3 rings (SSSR count). The third kappa shape index (κ3) is 2.56. The van der Waals surface area contributed by atoms with Crippen LogP contribution in [0.1, 0.15) is 36.0 Å². The van der Waals surface area contributed by atoms with Gasteiger partial charge in [0.1, 0.15) is 10.8 Å². The first-order chi connectivity index (χ1) is 9.26. The number of aromatic nitrogens is 2. The van der Waals surface area contributed by atoms with E-state index in [1.54, 1.807) is 11.3 Å². The summed E-state index contributed by atoms with van der Waals surface area (Å²) in [5, 5.41) is 13.6. The Labute approximate surface area is 116 Å². The highest BCUT2D eigenvalue weighted by Crippen LogP contribution is 2.29. The minimum Gasteiger partial charge on any atom is -0.493 e. The van der Waals surface area contributed by atoms with Crippen molar-refractivity contribution in [2.75, 3.05) is 11.9 Å². The summed E-state index contributed by atoms with van der Waals surface area (Å²) in [7, 11) is 0. The van der Waals surface area contributed by atoms with Crippen molar-refractivity contribution in [3.8, 4) is 5.75 Å². The van der Waals surface area contributed by atoms with Gasteiger partial charge in [-0.1, -0.05) is 24.3 Å². The van der Waals surface area contributed by atoms with Crippen LogP contribution in [0.3, 0.4) is 0 Å². The van der Waals surface area contributed by atoms with Crippen molar-refractivity contribution in [2.24, 2.45) is 0 Å². The predicted molar refractivity (Wildman–Crippen MR) is 77.0 cm³/mol. The minimum absolute atomic E-state index is 0.226. The maximum atomic E-state index is 5.53. The number of nitrogens with zero attached hydrogens (tertiary/aromatic N) is 2. The van der Waals surface area contributed by atoms with Crippen molar-refractivity contribution in [3.05, 3.63) is 34.3 Å². The molecule has 1 N–H and O–H groups in total. The molecule has 2 aromatic rings. The van der Waals surface area contributed by atoms with Gasteiger partial charge in [-0.25, -0.2) is 0 Å². The number of benzene rings is 1. The van der Waals surface area contributed by atoms with E-state index in [1.165, 1.54) is 11.1 Å². The molecule has 100 valence electrons. The van der Waals surface area contributed by atoms with Gasteiger partial charge in [-0.2, -0.15) is 0 Å². The second-order valence-corrected chi connectivity index (χ2v) is 5.75. The van der Waals surface area contributed by atoms with Crippen molar-refractivity contribution in [1.29, 1.82) is 0 Å². The van der Waals surface area contributed by atoms with E-state index < -0.39 is 0 Å². The lowest BCUT2D eigenvalue weighted by atomic mass is 10.0. The molecule has 0 radical (unpaired) electrons. The molecule has 1 atom stereocenters. The van der Waals surface area contributed by atoms with Gasteiger partial charge in [0.25, 0.3) is 0 Å². The average Bonchev–Trinajstić information content (AvgIpc) is 3.05. The van der Waals surface area contributed by atoms with Gasteiger partial charge >= 0.3 is 0 Å². The molecule has 1 aliphatic rings. The molecule has 0 bridgehead atoms. The Morgan fingerprint density at radius 2 is 2.32 bits per heavy atom. The number of anilines is 1. The molecule has 0 amide bonds. The van der Waals surface area contributed by atoms with Gasteiger partial charge in [-0.15, -0.1) is 10.2 Å². The fourth-order valence-electron chi connectivity index (χ4n) is 2.20. The van der Waals surface area contributed by atoms with E-state index in [4.69, 9.17) is 4.74 Å². The van der Waals surface area contributed by atoms with Crippen LogP contribution in [0.2, 0.25) is 0 Å². The van der Waals surface area contributed by atoms with Crippen molar-refractivity contribution in [1.82, 2.24) is 10.2 Å². The van der Waals surface area contributed by atoms with Crippen LogP contribution in [-0.4, -0.2) is 16.8 Å². The van der Waals surface area contributed by atoms with Crippen LogP contribution >= 0.6 is 11.3 Å². The van der Waals surface area contributed by atoms with Crippen molar-refractivity contribution in [2.45, 2.75) is 32.7 Å². The number of hydrogen-bond acceptors (Lipinski definition) is 5. The SMILES string of the molecule is CCc1nnc(NC(C)c2ccc3c(c2)CCO3)s1. The Morgan fingerprint density at radius 1 is 1.42 bits per heavy atom. The van der Waals surface area contributed by atoms with Crippen LogP contribution in [0.25, 0.3) is 0 Å². The van der Waals surface area contributed by atoms with Gasteiger partial charge in [-0.05, 0) is 36.6 Å². The Bertz CT molecular complexity index is 582. The van der Waals surface area contributed by atoms with Crippen LogP contribution in [0.15, 0.2) is 18.2 Å². The Morgan fingerprint density at radius 3 is 3.11 bits per heavy atom. The van der Waals surface area contributed by atoms with Gasteiger partial charge in [0.15, 0.2) is 0 Å². The summed E-state index contributed by atoms with van der Waals surface area (Å²) in [6, 6.07) is 6.63. The highest BCUT2D eigenvalue weighted by molar-refractivity contribution is 7.15. The number of rotatable bonds is 4. The Kier molecular flexibility index (Phi) is 3.38. The largest absolute Gasteiger partial charge is 0.493 e. The molecular formula is C14H17N3OS. The van der Waals surface area contributed by atoms with Gasteiger partial charge in [-0.3, -0.25) is 0 Å². The van der Waals surface area contributed by atoms with E-state index in [2.05, 4.69) is 47.6 Å². The number of aryl methyl sites for hydroxylation is 1. The molecular weight excluding hydrogens is 258 g/mol. The van der Waals surface area contributed by atoms with Crippen LogP contribution in [0, 0.1) is 0 Å². The molecule has 0 aliphatic carbocycles. The van der Waals surface area contributed by atoms with Crippen molar-refractivity contribution in [3.63, 3.8) is 0 Å². The van der Waals surface area contributed by atoms with Gasteiger partial charge in [0.2, 0.25) is 5.13 Å².